The zero-order chi connectivity index (χ0) is 12.4. The zero-order valence-corrected chi connectivity index (χ0v) is 9.63. The molecule has 1 heterocycles. The van der Waals surface area contributed by atoms with Gasteiger partial charge in [-0.25, -0.2) is 9.18 Å². The number of hydrogen-bond donors (Lipinski definition) is 2. The Hall–Kier alpha value is -1.62. The van der Waals surface area contributed by atoms with E-state index >= 15 is 0 Å². The summed E-state index contributed by atoms with van der Waals surface area (Å²) < 4.78 is 18.2. The van der Waals surface area contributed by atoms with Gasteiger partial charge >= 0.3 is 5.97 Å². The number of hydrogen-bond acceptors (Lipinski definition) is 4. The summed E-state index contributed by atoms with van der Waals surface area (Å²) in [4.78, 5) is 11.4. The summed E-state index contributed by atoms with van der Waals surface area (Å²) in [6.45, 7) is 0.883. The molecule has 92 valence electrons. The predicted molar refractivity (Wildman–Crippen MR) is 62.1 cm³/mol. The molecule has 0 spiro atoms. The third-order valence-corrected chi connectivity index (χ3v) is 3.02. The number of nitrogens with two attached hydrogens (primary N) is 1. The second-order valence-electron chi connectivity index (χ2n) is 4.10. The minimum absolute atomic E-state index is 0.0223. The normalized spacial score (nSPS) is 19.3. The summed E-state index contributed by atoms with van der Waals surface area (Å²) >= 11 is 0. The van der Waals surface area contributed by atoms with Gasteiger partial charge in [0, 0.05) is 6.04 Å². The van der Waals surface area contributed by atoms with E-state index in [1.165, 1.54) is 7.11 Å². The standard InChI is InChI=1S/C12H15FN2O2/c1-17-12(16)7-5-8(10-3-2-4-15-10)11(14)9(13)6-7/h5-6,10,15H,2-4,14H2,1H3/t10-/m1/s1. The molecule has 1 aromatic carbocycles. The second-order valence-corrected chi connectivity index (χ2v) is 4.10. The fourth-order valence-corrected chi connectivity index (χ4v) is 2.11. The first-order chi connectivity index (χ1) is 8.13. The number of carbonyl (C=O) groups excluding carboxylic acids is 1. The van der Waals surface area contributed by atoms with Crippen molar-refractivity contribution in [1.29, 1.82) is 0 Å². The van der Waals surface area contributed by atoms with Crippen molar-refractivity contribution in [2.24, 2.45) is 0 Å². The highest BCUT2D eigenvalue weighted by atomic mass is 19.1. The number of nitrogen functional groups attached to an aromatic ring is 1. The largest absolute Gasteiger partial charge is 0.465 e. The van der Waals surface area contributed by atoms with Crippen molar-refractivity contribution in [2.75, 3.05) is 19.4 Å². The van der Waals surface area contributed by atoms with E-state index < -0.39 is 11.8 Å². The minimum atomic E-state index is -0.573. The van der Waals surface area contributed by atoms with Crippen LogP contribution in [0.4, 0.5) is 10.1 Å². The molecule has 2 rings (SSSR count). The summed E-state index contributed by atoms with van der Waals surface area (Å²) in [6.07, 6.45) is 1.92. The maximum atomic E-state index is 13.6. The highest BCUT2D eigenvalue weighted by Gasteiger charge is 2.22. The fourth-order valence-electron chi connectivity index (χ4n) is 2.11. The molecule has 0 saturated carbocycles. The second kappa shape index (κ2) is 4.71. The maximum absolute atomic E-state index is 13.6. The highest BCUT2D eigenvalue weighted by molar-refractivity contribution is 5.90. The van der Waals surface area contributed by atoms with Crippen molar-refractivity contribution in [3.8, 4) is 0 Å². The van der Waals surface area contributed by atoms with Gasteiger partial charge in [0.1, 0.15) is 5.82 Å². The van der Waals surface area contributed by atoms with Gasteiger partial charge in [-0.2, -0.15) is 0 Å². The number of esters is 1. The van der Waals surface area contributed by atoms with E-state index in [1.54, 1.807) is 6.07 Å². The summed E-state index contributed by atoms with van der Waals surface area (Å²) in [6, 6.07) is 2.74. The number of anilines is 1. The Morgan fingerprint density at radius 3 is 2.94 bits per heavy atom. The van der Waals surface area contributed by atoms with Crippen LogP contribution in [0.5, 0.6) is 0 Å². The Morgan fingerprint density at radius 2 is 2.35 bits per heavy atom. The number of benzene rings is 1. The maximum Gasteiger partial charge on any atom is 0.337 e. The molecule has 1 atom stereocenters. The van der Waals surface area contributed by atoms with Gasteiger partial charge in [-0.3, -0.25) is 0 Å². The number of carbonyl (C=O) groups is 1. The topological polar surface area (TPSA) is 64.3 Å². The third-order valence-electron chi connectivity index (χ3n) is 3.02. The number of ether oxygens (including phenoxy) is 1. The van der Waals surface area contributed by atoms with Crippen LogP contribution in [0.1, 0.15) is 34.8 Å². The molecular formula is C12H15FN2O2. The van der Waals surface area contributed by atoms with Gasteiger partial charge in [0.15, 0.2) is 0 Å². The van der Waals surface area contributed by atoms with Crippen LogP contribution in [0.15, 0.2) is 12.1 Å². The quantitative estimate of drug-likeness (QED) is 0.607. The summed E-state index contributed by atoms with van der Waals surface area (Å²) in [5.74, 6) is -1.13. The molecule has 1 aromatic rings. The van der Waals surface area contributed by atoms with Crippen LogP contribution in [0.3, 0.4) is 0 Å². The van der Waals surface area contributed by atoms with Crippen LogP contribution in [-0.4, -0.2) is 19.6 Å². The first-order valence-electron chi connectivity index (χ1n) is 5.54. The van der Waals surface area contributed by atoms with E-state index in [0.717, 1.165) is 25.5 Å². The van der Waals surface area contributed by atoms with Gasteiger partial charge in [-0.1, -0.05) is 0 Å². The van der Waals surface area contributed by atoms with Gasteiger partial charge in [0.2, 0.25) is 0 Å². The molecule has 5 heteroatoms. The van der Waals surface area contributed by atoms with Crippen molar-refractivity contribution in [3.63, 3.8) is 0 Å². The van der Waals surface area contributed by atoms with Crippen LogP contribution in [-0.2, 0) is 4.74 Å². The molecule has 17 heavy (non-hydrogen) atoms. The monoisotopic (exact) mass is 238 g/mol. The molecular weight excluding hydrogens is 223 g/mol. The van der Waals surface area contributed by atoms with Crippen molar-refractivity contribution in [1.82, 2.24) is 5.32 Å². The van der Waals surface area contributed by atoms with E-state index in [9.17, 15) is 9.18 Å². The number of rotatable bonds is 2. The Bertz CT molecular complexity index is 442. The van der Waals surface area contributed by atoms with Crippen LogP contribution in [0, 0.1) is 5.82 Å². The molecule has 0 bridgehead atoms. The number of halogens is 1. The minimum Gasteiger partial charge on any atom is -0.465 e. The average Bonchev–Trinajstić information content (AvgIpc) is 2.85. The molecule has 0 aliphatic carbocycles. The van der Waals surface area contributed by atoms with Gasteiger partial charge in [-0.15, -0.1) is 0 Å². The third kappa shape index (κ3) is 2.24. The van der Waals surface area contributed by atoms with Crippen molar-refractivity contribution in [2.45, 2.75) is 18.9 Å². The van der Waals surface area contributed by atoms with E-state index in [1.807, 2.05) is 0 Å². The Balaban J connectivity index is 2.42. The van der Waals surface area contributed by atoms with E-state index in [0.29, 0.717) is 5.56 Å². The lowest BCUT2D eigenvalue weighted by molar-refractivity contribution is 0.0600. The molecule has 1 aliphatic rings. The molecule has 1 fully saturated rings. The van der Waals surface area contributed by atoms with Crippen LogP contribution in [0.25, 0.3) is 0 Å². The van der Waals surface area contributed by atoms with E-state index in [-0.39, 0.29) is 17.3 Å². The van der Waals surface area contributed by atoms with Crippen molar-refractivity contribution >= 4 is 11.7 Å². The zero-order valence-electron chi connectivity index (χ0n) is 9.63. The number of nitrogens with one attached hydrogen (secondary N) is 1. The van der Waals surface area contributed by atoms with Crippen LogP contribution >= 0.6 is 0 Å². The fraction of sp³-hybridized carbons (Fsp3) is 0.417. The lowest BCUT2D eigenvalue weighted by Crippen LogP contribution is -2.16. The Kier molecular flexibility index (Phi) is 3.28. The molecule has 1 saturated heterocycles. The predicted octanol–water partition coefficient (Wildman–Crippen LogP) is 1.62. The van der Waals surface area contributed by atoms with Crippen molar-refractivity contribution in [3.05, 3.63) is 29.1 Å². The lowest BCUT2D eigenvalue weighted by atomic mass is 10.00. The van der Waals surface area contributed by atoms with Crippen molar-refractivity contribution < 1.29 is 13.9 Å². The summed E-state index contributed by atoms with van der Waals surface area (Å²) in [5, 5.41) is 3.23. The molecule has 0 unspecified atom stereocenters. The SMILES string of the molecule is COC(=O)c1cc(F)c(N)c([C@H]2CCCN2)c1. The van der Waals surface area contributed by atoms with Gasteiger partial charge < -0.3 is 15.8 Å². The first-order valence-corrected chi connectivity index (χ1v) is 5.54. The van der Waals surface area contributed by atoms with Crippen LogP contribution in [0.2, 0.25) is 0 Å². The molecule has 1 aliphatic heterocycles. The Labute approximate surface area is 98.9 Å². The highest BCUT2D eigenvalue weighted by Crippen LogP contribution is 2.30. The van der Waals surface area contributed by atoms with E-state index in [2.05, 4.69) is 10.1 Å². The molecule has 4 nitrogen and oxygen atoms in total. The molecule has 0 radical (unpaired) electrons. The first kappa shape index (κ1) is 11.9. The molecule has 3 N–H and O–H groups in total. The summed E-state index contributed by atoms with van der Waals surface area (Å²) in [7, 11) is 1.27. The Morgan fingerprint density at radius 1 is 1.59 bits per heavy atom. The van der Waals surface area contributed by atoms with E-state index in [4.69, 9.17) is 5.73 Å². The molecule has 0 amide bonds. The van der Waals surface area contributed by atoms with Crippen LogP contribution < -0.4 is 11.1 Å². The van der Waals surface area contributed by atoms with Gasteiger partial charge in [-0.05, 0) is 37.1 Å². The average molecular weight is 238 g/mol. The molecule has 0 aromatic heterocycles. The number of methoxy groups -OCH3 is 1. The lowest BCUT2D eigenvalue weighted by Gasteiger charge is -2.15. The summed E-state index contributed by atoms with van der Waals surface area (Å²) in [5.41, 5.74) is 6.65. The smallest absolute Gasteiger partial charge is 0.337 e. The van der Waals surface area contributed by atoms with Gasteiger partial charge in [0.05, 0.1) is 18.4 Å². The van der Waals surface area contributed by atoms with Gasteiger partial charge in [0.25, 0.3) is 0 Å².